The number of hydrogen-bond acceptors (Lipinski definition) is 1. The van der Waals surface area contributed by atoms with Gasteiger partial charge in [-0.25, -0.2) is 0 Å². The quantitative estimate of drug-likeness (QED) is 0.825. The van der Waals surface area contributed by atoms with Crippen molar-refractivity contribution in [1.29, 1.82) is 0 Å². The summed E-state index contributed by atoms with van der Waals surface area (Å²) in [5.74, 6) is -1.10. The number of aliphatic carboxylic acids is 1. The minimum Gasteiger partial charge on any atom is -0.481 e. The van der Waals surface area contributed by atoms with E-state index < -0.39 is 17.7 Å². The van der Waals surface area contributed by atoms with Gasteiger partial charge >= 0.3 is 12.1 Å². The zero-order chi connectivity index (χ0) is 13.1. The van der Waals surface area contributed by atoms with Gasteiger partial charge in [0.05, 0.1) is 12.0 Å². The lowest BCUT2D eigenvalue weighted by atomic mass is 9.99. The normalized spacial score (nSPS) is 11.2. The van der Waals surface area contributed by atoms with Crippen LogP contribution in [-0.4, -0.2) is 11.1 Å². The Balaban J connectivity index is 2.92. The number of rotatable bonds is 4. The molecular weight excluding hydrogens is 233 g/mol. The fraction of sp³-hybridized carbons (Fsp3) is 0.250. The maximum absolute atomic E-state index is 12.6. The van der Waals surface area contributed by atoms with Gasteiger partial charge in [0, 0.05) is 0 Å². The molecule has 0 saturated carbocycles. The van der Waals surface area contributed by atoms with Crippen molar-refractivity contribution in [3.63, 3.8) is 0 Å². The van der Waals surface area contributed by atoms with E-state index >= 15 is 0 Å². The first-order valence-corrected chi connectivity index (χ1v) is 4.84. The fourth-order valence-corrected chi connectivity index (χ4v) is 1.50. The van der Waals surface area contributed by atoms with Crippen molar-refractivity contribution in [3.05, 3.63) is 47.5 Å². The van der Waals surface area contributed by atoms with Crippen LogP contribution in [0.1, 0.15) is 17.5 Å². The largest absolute Gasteiger partial charge is 0.481 e. The SMILES string of the molecule is C=C(CC(=O)O)Cc1ccccc1C(F)(F)F. The maximum Gasteiger partial charge on any atom is 0.416 e. The lowest BCUT2D eigenvalue weighted by molar-refractivity contribution is -0.138. The van der Waals surface area contributed by atoms with Crippen LogP contribution in [0, 0.1) is 0 Å². The highest BCUT2D eigenvalue weighted by atomic mass is 19.4. The Bertz CT molecular complexity index is 436. The molecule has 0 aliphatic heterocycles. The van der Waals surface area contributed by atoms with E-state index in [0.717, 1.165) is 6.07 Å². The average Bonchev–Trinajstić information content (AvgIpc) is 2.15. The number of alkyl halides is 3. The van der Waals surface area contributed by atoms with Crippen LogP contribution in [0.4, 0.5) is 13.2 Å². The third-order valence-corrected chi connectivity index (χ3v) is 2.16. The molecule has 2 nitrogen and oxygen atoms in total. The van der Waals surface area contributed by atoms with Gasteiger partial charge in [0.25, 0.3) is 0 Å². The van der Waals surface area contributed by atoms with Crippen molar-refractivity contribution < 1.29 is 23.1 Å². The minimum atomic E-state index is -4.43. The predicted molar refractivity (Wildman–Crippen MR) is 56.5 cm³/mol. The van der Waals surface area contributed by atoms with Gasteiger partial charge in [0.15, 0.2) is 0 Å². The van der Waals surface area contributed by atoms with Gasteiger partial charge in [-0.05, 0) is 18.1 Å². The summed E-state index contributed by atoms with van der Waals surface area (Å²) < 4.78 is 37.8. The van der Waals surface area contributed by atoms with Crippen molar-refractivity contribution >= 4 is 5.97 Å². The van der Waals surface area contributed by atoms with E-state index in [-0.39, 0.29) is 24.0 Å². The molecule has 0 bridgehead atoms. The highest BCUT2D eigenvalue weighted by Gasteiger charge is 2.32. The molecule has 0 fully saturated rings. The lowest BCUT2D eigenvalue weighted by Crippen LogP contribution is -2.10. The highest BCUT2D eigenvalue weighted by molar-refractivity contribution is 5.70. The molecule has 5 heteroatoms. The van der Waals surface area contributed by atoms with Crippen molar-refractivity contribution in [2.24, 2.45) is 0 Å². The van der Waals surface area contributed by atoms with E-state index in [1.54, 1.807) is 0 Å². The van der Waals surface area contributed by atoms with Gasteiger partial charge in [-0.2, -0.15) is 13.2 Å². The van der Waals surface area contributed by atoms with Crippen LogP contribution in [0.2, 0.25) is 0 Å². The molecule has 0 atom stereocenters. The van der Waals surface area contributed by atoms with Crippen molar-refractivity contribution in [2.75, 3.05) is 0 Å². The molecule has 0 amide bonds. The van der Waals surface area contributed by atoms with Gasteiger partial charge in [0.1, 0.15) is 0 Å². The summed E-state index contributed by atoms with van der Waals surface area (Å²) in [6.45, 7) is 3.47. The summed E-state index contributed by atoms with van der Waals surface area (Å²) in [6, 6.07) is 5.09. The number of carbonyl (C=O) groups is 1. The Labute approximate surface area is 96.4 Å². The molecule has 0 radical (unpaired) electrons. The van der Waals surface area contributed by atoms with E-state index in [2.05, 4.69) is 6.58 Å². The van der Waals surface area contributed by atoms with E-state index in [1.807, 2.05) is 0 Å². The van der Waals surface area contributed by atoms with Crippen LogP contribution in [0.25, 0.3) is 0 Å². The molecule has 0 aromatic heterocycles. The molecule has 92 valence electrons. The van der Waals surface area contributed by atoms with Crippen molar-refractivity contribution in [2.45, 2.75) is 19.0 Å². The molecule has 1 N–H and O–H groups in total. The maximum atomic E-state index is 12.6. The zero-order valence-corrected chi connectivity index (χ0v) is 8.92. The second-order valence-corrected chi connectivity index (χ2v) is 3.65. The summed E-state index contributed by atoms with van der Waals surface area (Å²) in [5, 5.41) is 8.51. The summed E-state index contributed by atoms with van der Waals surface area (Å²) in [7, 11) is 0. The summed E-state index contributed by atoms with van der Waals surface area (Å²) in [4.78, 5) is 10.4. The number of hydrogen-bond donors (Lipinski definition) is 1. The second kappa shape index (κ2) is 5.03. The Morgan fingerprint density at radius 2 is 1.88 bits per heavy atom. The van der Waals surface area contributed by atoms with Gasteiger partial charge in [0.2, 0.25) is 0 Å². The average molecular weight is 244 g/mol. The predicted octanol–water partition coefficient (Wildman–Crippen LogP) is 3.28. The van der Waals surface area contributed by atoms with Crippen LogP contribution in [-0.2, 0) is 17.4 Å². The van der Waals surface area contributed by atoms with Crippen LogP contribution in [0.3, 0.4) is 0 Å². The van der Waals surface area contributed by atoms with E-state index in [1.165, 1.54) is 18.2 Å². The van der Waals surface area contributed by atoms with Gasteiger partial charge in [-0.3, -0.25) is 4.79 Å². The van der Waals surface area contributed by atoms with Crippen molar-refractivity contribution in [3.8, 4) is 0 Å². The number of benzene rings is 1. The Morgan fingerprint density at radius 1 is 1.29 bits per heavy atom. The topological polar surface area (TPSA) is 37.3 Å². The standard InChI is InChI=1S/C12H11F3O2/c1-8(7-11(16)17)6-9-4-2-3-5-10(9)12(13,14)15/h2-5H,1,6-7H2,(H,16,17). The smallest absolute Gasteiger partial charge is 0.416 e. The fourth-order valence-electron chi connectivity index (χ4n) is 1.50. The first kappa shape index (κ1) is 13.3. The van der Waals surface area contributed by atoms with E-state index in [0.29, 0.717) is 0 Å². The Morgan fingerprint density at radius 3 is 2.41 bits per heavy atom. The molecule has 1 rings (SSSR count). The van der Waals surface area contributed by atoms with Gasteiger partial charge in [-0.15, -0.1) is 0 Å². The summed E-state index contributed by atoms with van der Waals surface area (Å²) >= 11 is 0. The van der Waals surface area contributed by atoms with E-state index in [4.69, 9.17) is 5.11 Å². The number of halogens is 3. The van der Waals surface area contributed by atoms with Gasteiger partial charge in [-0.1, -0.05) is 30.4 Å². The molecule has 0 spiro atoms. The van der Waals surface area contributed by atoms with Gasteiger partial charge < -0.3 is 5.11 Å². The second-order valence-electron chi connectivity index (χ2n) is 3.65. The third-order valence-electron chi connectivity index (χ3n) is 2.16. The summed E-state index contributed by atoms with van der Waals surface area (Å²) in [5.41, 5.74) is -0.452. The molecule has 1 aromatic carbocycles. The molecule has 0 unspecified atom stereocenters. The van der Waals surface area contributed by atoms with E-state index in [9.17, 15) is 18.0 Å². The number of carboxylic acid groups (broad SMARTS) is 1. The van der Waals surface area contributed by atoms with Crippen LogP contribution < -0.4 is 0 Å². The van der Waals surface area contributed by atoms with Crippen molar-refractivity contribution in [1.82, 2.24) is 0 Å². The molecule has 17 heavy (non-hydrogen) atoms. The highest BCUT2D eigenvalue weighted by Crippen LogP contribution is 2.32. The first-order valence-electron chi connectivity index (χ1n) is 4.84. The third kappa shape index (κ3) is 3.94. The monoisotopic (exact) mass is 244 g/mol. The van der Waals surface area contributed by atoms with Crippen LogP contribution >= 0.6 is 0 Å². The minimum absolute atomic E-state index is 0.0475. The Hall–Kier alpha value is -1.78. The zero-order valence-electron chi connectivity index (χ0n) is 8.92. The Kier molecular flexibility index (Phi) is 3.93. The van der Waals surface area contributed by atoms with Crippen LogP contribution in [0.15, 0.2) is 36.4 Å². The first-order chi connectivity index (χ1) is 7.80. The molecular formula is C12H11F3O2. The molecule has 0 heterocycles. The molecule has 0 aliphatic carbocycles. The lowest BCUT2D eigenvalue weighted by Gasteiger charge is -2.12. The number of carboxylic acids is 1. The molecule has 0 aliphatic rings. The molecule has 1 aromatic rings. The summed E-state index contributed by atoms with van der Waals surface area (Å²) in [6.07, 6.45) is -4.84. The van der Waals surface area contributed by atoms with Crippen LogP contribution in [0.5, 0.6) is 0 Å². The molecule has 0 saturated heterocycles.